The maximum Gasteiger partial charge on any atom is 0.138 e. The summed E-state index contributed by atoms with van der Waals surface area (Å²) >= 11 is 0. The van der Waals surface area contributed by atoms with Crippen molar-refractivity contribution in [3.8, 4) is 16.9 Å². The number of pyridine rings is 1. The molecule has 18 heavy (non-hydrogen) atoms. The van der Waals surface area contributed by atoms with Crippen molar-refractivity contribution in [1.29, 1.82) is 0 Å². The number of aromatic nitrogens is 1. The molecule has 4 heteroatoms. The summed E-state index contributed by atoms with van der Waals surface area (Å²) in [7, 11) is 0. The second-order valence-corrected chi connectivity index (χ2v) is 4.32. The van der Waals surface area contributed by atoms with Gasteiger partial charge in [-0.05, 0) is 38.1 Å². The van der Waals surface area contributed by atoms with Crippen LogP contribution in [-0.4, -0.2) is 11.1 Å². The summed E-state index contributed by atoms with van der Waals surface area (Å²) in [5, 5.41) is 0. The lowest BCUT2D eigenvalue weighted by atomic mass is 10.1. The number of nitrogen functional groups attached to an aromatic ring is 1. The smallest absolute Gasteiger partial charge is 0.138 e. The van der Waals surface area contributed by atoms with Crippen LogP contribution in [0, 0.1) is 5.82 Å². The van der Waals surface area contributed by atoms with Gasteiger partial charge < -0.3 is 10.5 Å². The van der Waals surface area contributed by atoms with Crippen molar-refractivity contribution in [1.82, 2.24) is 4.98 Å². The third-order valence-corrected chi connectivity index (χ3v) is 2.39. The number of nitrogens with zero attached hydrogens (tertiary/aromatic N) is 1. The Balaban J connectivity index is 2.41. The van der Waals surface area contributed by atoms with Gasteiger partial charge >= 0.3 is 0 Å². The van der Waals surface area contributed by atoms with Crippen molar-refractivity contribution in [2.75, 3.05) is 5.73 Å². The number of hydrogen-bond donors (Lipinski definition) is 1. The third-order valence-electron chi connectivity index (χ3n) is 2.39. The molecule has 1 heterocycles. The van der Waals surface area contributed by atoms with Gasteiger partial charge in [-0.15, -0.1) is 0 Å². The quantitative estimate of drug-likeness (QED) is 0.845. The molecule has 0 radical (unpaired) electrons. The Bertz CT molecular complexity index is 555. The summed E-state index contributed by atoms with van der Waals surface area (Å²) in [4.78, 5) is 4.05. The highest BCUT2D eigenvalue weighted by Gasteiger charge is 2.08. The molecule has 3 nitrogen and oxygen atoms in total. The maximum atomic E-state index is 13.7. The zero-order chi connectivity index (χ0) is 13.1. The standard InChI is InChI=1S/C14H15FN2O/c1-9(2)18-12-5-10(7-17-8-12)13-6-11(16)3-4-14(13)15/h3-9H,16H2,1-2H3. The molecule has 0 aliphatic heterocycles. The summed E-state index contributed by atoms with van der Waals surface area (Å²) in [5.74, 6) is 0.289. The highest BCUT2D eigenvalue weighted by molar-refractivity contribution is 5.68. The predicted molar refractivity (Wildman–Crippen MR) is 69.8 cm³/mol. The number of halogens is 1. The maximum absolute atomic E-state index is 13.7. The van der Waals surface area contributed by atoms with Crippen LogP contribution >= 0.6 is 0 Å². The molecule has 0 aliphatic rings. The van der Waals surface area contributed by atoms with Crippen LogP contribution in [0.2, 0.25) is 0 Å². The largest absolute Gasteiger partial charge is 0.489 e. The van der Waals surface area contributed by atoms with E-state index in [2.05, 4.69) is 4.98 Å². The van der Waals surface area contributed by atoms with Crippen LogP contribution in [-0.2, 0) is 0 Å². The summed E-state index contributed by atoms with van der Waals surface area (Å²) in [6.07, 6.45) is 3.24. The first-order valence-corrected chi connectivity index (χ1v) is 5.73. The van der Waals surface area contributed by atoms with Gasteiger partial charge in [0.1, 0.15) is 11.6 Å². The molecule has 0 aliphatic carbocycles. The predicted octanol–water partition coefficient (Wildman–Crippen LogP) is 3.26. The Morgan fingerprint density at radius 1 is 1.22 bits per heavy atom. The molecule has 0 bridgehead atoms. The van der Waals surface area contributed by atoms with Crippen LogP contribution < -0.4 is 10.5 Å². The Labute approximate surface area is 105 Å². The third kappa shape index (κ3) is 2.77. The number of benzene rings is 1. The van der Waals surface area contributed by atoms with Crippen molar-refractivity contribution in [2.45, 2.75) is 20.0 Å². The fourth-order valence-electron chi connectivity index (χ4n) is 1.67. The molecule has 2 rings (SSSR count). The zero-order valence-corrected chi connectivity index (χ0v) is 10.4. The first kappa shape index (κ1) is 12.4. The fourth-order valence-corrected chi connectivity index (χ4v) is 1.67. The molecule has 0 saturated carbocycles. The number of hydrogen-bond acceptors (Lipinski definition) is 3. The van der Waals surface area contributed by atoms with Gasteiger partial charge in [0.25, 0.3) is 0 Å². The SMILES string of the molecule is CC(C)Oc1cncc(-c2cc(N)ccc2F)c1. The van der Waals surface area contributed by atoms with E-state index in [-0.39, 0.29) is 11.9 Å². The van der Waals surface area contributed by atoms with E-state index in [9.17, 15) is 4.39 Å². The summed E-state index contributed by atoms with van der Waals surface area (Å²) in [6, 6.07) is 6.22. The topological polar surface area (TPSA) is 48.1 Å². The lowest BCUT2D eigenvalue weighted by Crippen LogP contribution is -2.05. The number of nitrogens with two attached hydrogens (primary N) is 1. The minimum atomic E-state index is -0.326. The minimum absolute atomic E-state index is 0.0488. The van der Waals surface area contributed by atoms with Crippen LogP contribution in [0.5, 0.6) is 5.75 Å². The lowest BCUT2D eigenvalue weighted by molar-refractivity contribution is 0.241. The molecule has 1 aromatic carbocycles. The van der Waals surface area contributed by atoms with E-state index in [0.717, 1.165) is 0 Å². The first-order chi connectivity index (χ1) is 8.56. The summed E-state index contributed by atoms with van der Waals surface area (Å²) in [5.41, 5.74) is 7.26. The molecule has 0 spiro atoms. The van der Waals surface area contributed by atoms with Gasteiger partial charge in [-0.3, -0.25) is 4.98 Å². The van der Waals surface area contributed by atoms with E-state index in [1.807, 2.05) is 13.8 Å². The molecule has 0 atom stereocenters. The van der Waals surface area contributed by atoms with Crippen molar-refractivity contribution >= 4 is 5.69 Å². The van der Waals surface area contributed by atoms with Crippen LogP contribution in [0.25, 0.3) is 11.1 Å². The van der Waals surface area contributed by atoms with Crippen molar-refractivity contribution < 1.29 is 9.13 Å². The van der Waals surface area contributed by atoms with Gasteiger partial charge in [0, 0.05) is 23.0 Å². The second kappa shape index (κ2) is 5.04. The Morgan fingerprint density at radius 2 is 2.00 bits per heavy atom. The van der Waals surface area contributed by atoms with Gasteiger partial charge in [0.15, 0.2) is 0 Å². The van der Waals surface area contributed by atoms with Gasteiger partial charge in [-0.25, -0.2) is 4.39 Å². The Morgan fingerprint density at radius 3 is 2.72 bits per heavy atom. The van der Waals surface area contributed by atoms with Gasteiger partial charge in [0.2, 0.25) is 0 Å². The van der Waals surface area contributed by atoms with Crippen LogP contribution in [0.1, 0.15) is 13.8 Å². The van der Waals surface area contributed by atoms with Crippen molar-refractivity contribution in [3.63, 3.8) is 0 Å². The molecule has 94 valence electrons. The van der Waals surface area contributed by atoms with E-state index in [0.29, 0.717) is 22.6 Å². The van der Waals surface area contributed by atoms with Crippen molar-refractivity contribution in [3.05, 3.63) is 42.5 Å². The number of ether oxygens (including phenoxy) is 1. The molecule has 0 unspecified atom stereocenters. The van der Waals surface area contributed by atoms with Crippen LogP contribution in [0.4, 0.5) is 10.1 Å². The van der Waals surface area contributed by atoms with Gasteiger partial charge in [-0.1, -0.05) is 0 Å². The van der Waals surface area contributed by atoms with E-state index in [1.54, 1.807) is 24.5 Å². The highest BCUT2D eigenvalue weighted by atomic mass is 19.1. The average Bonchev–Trinajstić information content (AvgIpc) is 2.32. The Kier molecular flexibility index (Phi) is 3.46. The molecule has 2 N–H and O–H groups in total. The summed E-state index contributed by atoms with van der Waals surface area (Å²) in [6.45, 7) is 3.85. The molecular formula is C14H15FN2O. The highest BCUT2D eigenvalue weighted by Crippen LogP contribution is 2.27. The minimum Gasteiger partial charge on any atom is -0.489 e. The monoisotopic (exact) mass is 246 g/mol. The summed E-state index contributed by atoms with van der Waals surface area (Å²) < 4.78 is 19.3. The zero-order valence-electron chi connectivity index (χ0n) is 10.4. The fraction of sp³-hybridized carbons (Fsp3) is 0.214. The Hall–Kier alpha value is -2.10. The van der Waals surface area contributed by atoms with Crippen molar-refractivity contribution in [2.24, 2.45) is 0 Å². The first-order valence-electron chi connectivity index (χ1n) is 5.73. The molecule has 0 fully saturated rings. The van der Waals surface area contributed by atoms with E-state index >= 15 is 0 Å². The molecular weight excluding hydrogens is 231 g/mol. The molecule has 1 aromatic heterocycles. The lowest BCUT2D eigenvalue weighted by Gasteiger charge is -2.11. The number of rotatable bonds is 3. The normalized spacial score (nSPS) is 10.7. The molecule has 2 aromatic rings. The van der Waals surface area contributed by atoms with Gasteiger partial charge in [0.05, 0.1) is 12.3 Å². The van der Waals surface area contributed by atoms with E-state index in [4.69, 9.17) is 10.5 Å². The molecule has 0 amide bonds. The number of anilines is 1. The van der Waals surface area contributed by atoms with E-state index in [1.165, 1.54) is 12.1 Å². The van der Waals surface area contributed by atoms with Gasteiger partial charge in [-0.2, -0.15) is 0 Å². The van der Waals surface area contributed by atoms with E-state index < -0.39 is 0 Å². The molecule has 0 saturated heterocycles. The van der Waals surface area contributed by atoms with Crippen LogP contribution in [0.3, 0.4) is 0 Å². The second-order valence-electron chi connectivity index (χ2n) is 4.32. The average molecular weight is 246 g/mol. The van der Waals surface area contributed by atoms with Crippen LogP contribution in [0.15, 0.2) is 36.7 Å².